The summed E-state index contributed by atoms with van der Waals surface area (Å²) in [5, 5.41) is 3.53. The molecule has 1 heterocycles. The lowest BCUT2D eigenvalue weighted by Gasteiger charge is -2.23. The van der Waals surface area contributed by atoms with E-state index in [0.29, 0.717) is 6.04 Å². The van der Waals surface area contributed by atoms with Crippen molar-refractivity contribution in [2.45, 2.75) is 33.4 Å². The Bertz CT molecular complexity index is 320. The van der Waals surface area contributed by atoms with Gasteiger partial charge in [-0.15, -0.1) is 11.3 Å². The molecule has 1 unspecified atom stereocenters. The van der Waals surface area contributed by atoms with Gasteiger partial charge in [0.1, 0.15) is 4.34 Å². The van der Waals surface area contributed by atoms with Crippen LogP contribution in [0.1, 0.15) is 25.6 Å². The van der Waals surface area contributed by atoms with E-state index in [9.17, 15) is 0 Å². The summed E-state index contributed by atoms with van der Waals surface area (Å²) in [6.45, 7) is 10.8. The molecule has 0 saturated carbocycles. The number of rotatable bonds is 7. The molecule has 1 aromatic rings. The topological polar surface area (TPSA) is 15.3 Å². The Balaban J connectivity index is 2.35. The molecule has 1 aromatic heterocycles. The van der Waals surface area contributed by atoms with E-state index in [1.165, 1.54) is 4.88 Å². The third-order valence-corrected chi connectivity index (χ3v) is 5.22. The molecule has 0 amide bonds. The van der Waals surface area contributed by atoms with Crippen LogP contribution in [0.2, 0.25) is 4.34 Å². The summed E-state index contributed by atoms with van der Waals surface area (Å²) in [7, 11) is 0. The highest BCUT2D eigenvalue weighted by Crippen LogP contribution is 2.31. The van der Waals surface area contributed by atoms with Gasteiger partial charge < -0.3 is 10.2 Å². The van der Waals surface area contributed by atoms with Crippen molar-refractivity contribution < 1.29 is 0 Å². The van der Waals surface area contributed by atoms with Gasteiger partial charge in [0.15, 0.2) is 0 Å². The van der Waals surface area contributed by atoms with E-state index in [1.54, 1.807) is 11.3 Å². The van der Waals surface area contributed by atoms with Gasteiger partial charge in [-0.3, -0.25) is 0 Å². The molecular weight excluding hydrogens is 320 g/mol. The molecular formula is C12H20BrClN2S. The first-order valence-corrected chi connectivity index (χ1v) is 7.95. The highest BCUT2D eigenvalue weighted by atomic mass is 79.9. The minimum atomic E-state index is 0.495. The van der Waals surface area contributed by atoms with E-state index < -0.39 is 0 Å². The molecule has 1 N–H and O–H groups in total. The van der Waals surface area contributed by atoms with Crippen LogP contribution < -0.4 is 5.32 Å². The molecule has 0 aromatic carbocycles. The van der Waals surface area contributed by atoms with Gasteiger partial charge in [-0.2, -0.15) is 0 Å². The van der Waals surface area contributed by atoms with Crippen LogP contribution in [0.4, 0.5) is 0 Å². The van der Waals surface area contributed by atoms with Crippen molar-refractivity contribution in [2.75, 3.05) is 19.6 Å². The smallest absolute Gasteiger partial charge is 0.107 e. The SMILES string of the molecule is CCN(CC)CC(C)NCc1cc(Br)c(Cl)s1. The summed E-state index contributed by atoms with van der Waals surface area (Å²) >= 11 is 11.1. The Labute approximate surface area is 121 Å². The number of hydrogen-bond acceptors (Lipinski definition) is 3. The Kier molecular flexibility index (Phi) is 7.04. The second kappa shape index (κ2) is 7.74. The third-order valence-electron chi connectivity index (χ3n) is 2.75. The number of nitrogens with zero attached hydrogens (tertiary/aromatic N) is 1. The molecule has 0 bridgehead atoms. The number of halogens is 2. The van der Waals surface area contributed by atoms with Crippen LogP contribution in [-0.4, -0.2) is 30.6 Å². The standard InChI is InChI=1S/C12H20BrClN2S/c1-4-16(5-2)8-9(3)15-7-10-6-11(13)12(14)17-10/h6,9,15H,4-5,7-8H2,1-3H3. The van der Waals surface area contributed by atoms with Gasteiger partial charge in [0.2, 0.25) is 0 Å². The monoisotopic (exact) mass is 338 g/mol. The van der Waals surface area contributed by atoms with E-state index in [2.05, 4.69) is 53.0 Å². The number of likely N-dealkylation sites (N-methyl/N-ethyl adjacent to an activating group) is 1. The number of thiophene rings is 1. The van der Waals surface area contributed by atoms with E-state index in [-0.39, 0.29) is 0 Å². The quantitative estimate of drug-likeness (QED) is 0.808. The van der Waals surface area contributed by atoms with Crippen molar-refractivity contribution >= 4 is 38.9 Å². The minimum Gasteiger partial charge on any atom is -0.308 e. The van der Waals surface area contributed by atoms with Crippen LogP contribution in [0.15, 0.2) is 10.5 Å². The van der Waals surface area contributed by atoms with Crippen molar-refractivity contribution in [3.05, 3.63) is 19.8 Å². The molecule has 2 nitrogen and oxygen atoms in total. The van der Waals surface area contributed by atoms with Gasteiger partial charge >= 0.3 is 0 Å². The summed E-state index contributed by atoms with van der Waals surface area (Å²) in [4.78, 5) is 3.70. The lowest BCUT2D eigenvalue weighted by molar-refractivity contribution is 0.271. The van der Waals surface area contributed by atoms with Crippen LogP contribution >= 0.6 is 38.9 Å². The Morgan fingerprint density at radius 3 is 2.59 bits per heavy atom. The second-order valence-corrected chi connectivity index (χ2v) is 6.70. The zero-order valence-electron chi connectivity index (χ0n) is 10.6. The summed E-state index contributed by atoms with van der Waals surface area (Å²) in [5.74, 6) is 0. The van der Waals surface area contributed by atoms with Crippen LogP contribution in [0, 0.1) is 0 Å². The van der Waals surface area contributed by atoms with Gasteiger partial charge in [0.05, 0.1) is 0 Å². The highest BCUT2D eigenvalue weighted by Gasteiger charge is 2.08. The minimum absolute atomic E-state index is 0.495. The van der Waals surface area contributed by atoms with Gasteiger partial charge in [0, 0.05) is 28.5 Å². The Morgan fingerprint density at radius 2 is 2.12 bits per heavy atom. The fourth-order valence-electron chi connectivity index (χ4n) is 1.69. The molecule has 0 spiro atoms. The maximum absolute atomic E-state index is 6.01. The van der Waals surface area contributed by atoms with Crippen molar-refractivity contribution in [3.63, 3.8) is 0 Å². The predicted molar refractivity (Wildman–Crippen MR) is 81.1 cm³/mol. The molecule has 5 heteroatoms. The first-order chi connectivity index (χ1) is 8.06. The number of nitrogens with one attached hydrogen (secondary N) is 1. The van der Waals surface area contributed by atoms with Crippen LogP contribution in [-0.2, 0) is 6.54 Å². The Hall–Kier alpha value is 0.390. The maximum Gasteiger partial charge on any atom is 0.107 e. The molecule has 0 radical (unpaired) electrons. The van der Waals surface area contributed by atoms with Crippen LogP contribution in [0.3, 0.4) is 0 Å². The van der Waals surface area contributed by atoms with Crippen LogP contribution in [0.25, 0.3) is 0 Å². The lowest BCUT2D eigenvalue weighted by atomic mass is 10.3. The van der Waals surface area contributed by atoms with E-state index in [0.717, 1.165) is 35.0 Å². The van der Waals surface area contributed by atoms with E-state index in [4.69, 9.17) is 11.6 Å². The maximum atomic E-state index is 6.01. The lowest BCUT2D eigenvalue weighted by Crippen LogP contribution is -2.38. The second-order valence-electron chi connectivity index (χ2n) is 4.10. The fourth-order valence-corrected chi connectivity index (χ4v) is 3.43. The molecule has 0 aliphatic heterocycles. The third kappa shape index (κ3) is 5.26. The summed E-state index contributed by atoms with van der Waals surface area (Å²) < 4.78 is 1.83. The largest absolute Gasteiger partial charge is 0.308 e. The molecule has 1 rings (SSSR count). The molecule has 1 atom stereocenters. The van der Waals surface area contributed by atoms with Gasteiger partial charge in [-0.05, 0) is 42.0 Å². The van der Waals surface area contributed by atoms with Crippen LogP contribution in [0.5, 0.6) is 0 Å². The van der Waals surface area contributed by atoms with Crippen molar-refractivity contribution in [3.8, 4) is 0 Å². The summed E-state index contributed by atoms with van der Waals surface area (Å²) in [5.41, 5.74) is 0. The molecule has 0 aliphatic rings. The molecule has 98 valence electrons. The van der Waals surface area contributed by atoms with E-state index >= 15 is 0 Å². The van der Waals surface area contributed by atoms with E-state index in [1.807, 2.05) is 0 Å². The molecule has 0 saturated heterocycles. The average molecular weight is 340 g/mol. The zero-order chi connectivity index (χ0) is 12.8. The number of hydrogen-bond donors (Lipinski definition) is 1. The summed E-state index contributed by atoms with van der Waals surface area (Å²) in [6, 6.07) is 2.58. The fraction of sp³-hybridized carbons (Fsp3) is 0.667. The molecule has 0 aliphatic carbocycles. The molecule has 17 heavy (non-hydrogen) atoms. The van der Waals surface area contributed by atoms with Crippen molar-refractivity contribution in [1.29, 1.82) is 0 Å². The first kappa shape index (κ1) is 15.4. The highest BCUT2D eigenvalue weighted by molar-refractivity contribution is 9.10. The van der Waals surface area contributed by atoms with Crippen molar-refractivity contribution in [2.24, 2.45) is 0 Å². The predicted octanol–water partition coefficient (Wildman–Crippen LogP) is 3.98. The Morgan fingerprint density at radius 1 is 1.47 bits per heavy atom. The zero-order valence-corrected chi connectivity index (χ0v) is 13.8. The van der Waals surface area contributed by atoms with Gasteiger partial charge in [0.25, 0.3) is 0 Å². The van der Waals surface area contributed by atoms with Crippen molar-refractivity contribution in [1.82, 2.24) is 10.2 Å². The van der Waals surface area contributed by atoms with Gasteiger partial charge in [-0.1, -0.05) is 25.4 Å². The average Bonchev–Trinajstić information content (AvgIpc) is 2.63. The summed E-state index contributed by atoms with van der Waals surface area (Å²) in [6.07, 6.45) is 0. The normalized spacial score (nSPS) is 13.3. The van der Waals surface area contributed by atoms with Gasteiger partial charge in [-0.25, -0.2) is 0 Å². The molecule has 0 fully saturated rings. The first-order valence-electron chi connectivity index (χ1n) is 5.96.